The van der Waals surface area contributed by atoms with Gasteiger partial charge in [0.2, 0.25) is 0 Å². The second-order valence-electron chi connectivity index (χ2n) is 10.1. The Morgan fingerprint density at radius 2 is 1.69 bits per heavy atom. The summed E-state index contributed by atoms with van der Waals surface area (Å²) in [5.74, 6) is -0.462. The van der Waals surface area contributed by atoms with Gasteiger partial charge in [0.25, 0.3) is 0 Å². The number of cyclic esters (lactones) is 1. The van der Waals surface area contributed by atoms with Gasteiger partial charge in [-0.15, -0.1) is 0 Å². The van der Waals surface area contributed by atoms with Crippen molar-refractivity contribution in [3.63, 3.8) is 0 Å². The van der Waals surface area contributed by atoms with Gasteiger partial charge >= 0.3 is 12.3 Å². The van der Waals surface area contributed by atoms with Crippen molar-refractivity contribution in [1.82, 2.24) is 4.90 Å². The number of nitrogens with zero attached hydrogens (tertiary/aromatic N) is 1. The molecule has 1 unspecified atom stereocenters. The first-order valence-electron chi connectivity index (χ1n) is 12.4. The van der Waals surface area contributed by atoms with Crippen LogP contribution in [-0.2, 0) is 10.9 Å². The average Bonchev–Trinajstić information content (AvgIpc) is 3.43. The molecule has 0 bridgehead atoms. The lowest BCUT2D eigenvalue weighted by molar-refractivity contribution is -0.137. The molecule has 3 atom stereocenters. The van der Waals surface area contributed by atoms with Crippen molar-refractivity contribution >= 4 is 29.3 Å². The van der Waals surface area contributed by atoms with E-state index in [0.717, 1.165) is 12.1 Å². The fourth-order valence-electron chi connectivity index (χ4n) is 5.63. The highest BCUT2D eigenvalue weighted by Gasteiger charge is 2.51. The fourth-order valence-corrected chi connectivity index (χ4v) is 6.18. The van der Waals surface area contributed by atoms with E-state index in [1.165, 1.54) is 24.1 Å². The van der Waals surface area contributed by atoms with Gasteiger partial charge in [-0.05, 0) is 77.4 Å². The van der Waals surface area contributed by atoms with E-state index < -0.39 is 41.8 Å². The minimum atomic E-state index is -4.60. The highest BCUT2D eigenvalue weighted by Crippen LogP contribution is 2.51. The highest BCUT2D eigenvalue weighted by atomic mass is 35.5. The molecule has 2 aliphatic heterocycles. The van der Waals surface area contributed by atoms with Crippen LogP contribution in [0.1, 0.15) is 67.0 Å². The van der Waals surface area contributed by atoms with Gasteiger partial charge in [-0.25, -0.2) is 9.18 Å². The Balaban J connectivity index is 1.64. The van der Waals surface area contributed by atoms with Crippen LogP contribution in [0.2, 0.25) is 10.0 Å². The molecule has 39 heavy (non-hydrogen) atoms. The number of amides is 1. The lowest BCUT2D eigenvalue weighted by atomic mass is 9.89. The summed E-state index contributed by atoms with van der Waals surface area (Å²) in [4.78, 5) is 14.7. The van der Waals surface area contributed by atoms with E-state index in [2.05, 4.69) is 0 Å². The number of benzene rings is 3. The molecule has 5 rings (SSSR count). The second-order valence-corrected chi connectivity index (χ2v) is 11.0. The maximum absolute atomic E-state index is 14.8. The van der Waals surface area contributed by atoms with Crippen LogP contribution in [0, 0.1) is 5.82 Å². The molecule has 2 heterocycles. The average molecular weight is 582 g/mol. The van der Waals surface area contributed by atoms with Crippen molar-refractivity contribution < 1.29 is 31.8 Å². The van der Waals surface area contributed by atoms with E-state index in [1.807, 2.05) is 13.8 Å². The predicted octanol–water partition coefficient (Wildman–Crippen LogP) is 9.35. The molecule has 10 heteroatoms. The molecule has 2 saturated heterocycles. The molecule has 3 aromatic carbocycles. The topological polar surface area (TPSA) is 38.8 Å². The molecule has 206 valence electrons. The summed E-state index contributed by atoms with van der Waals surface area (Å²) in [6.07, 6.45) is -5.04. The SMILES string of the molecule is COc1cc(F)c(C(C)C)cc1-c1ccc(C(F)(F)F)cc1C1CC[C@H]2[C@@H](c3cc(Cl)cc(Cl)c3)OC(=O)N12. The van der Waals surface area contributed by atoms with Crippen LogP contribution in [0.25, 0.3) is 11.1 Å². The number of rotatable bonds is 5. The fraction of sp³-hybridized carbons (Fsp3) is 0.345. The predicted molar refractivity (Wildman–Crippen MR) is 141 cm³/mol. The Hall–Kier alpha value is -2.97. The summed E-state index contributed by atoms with van der Waals surface area (Å²) < 4.78 is 67.5. The summed E-state index contributed by atoms with van der Waals surface area (Å²) in [6, 6.07) is 10.0. The highest BCUT2D eigenvalue weighted by molar-refractivity contribution is 6.34. The van der Waals surface area contributed by atoms with Crippen LogP contribution in [0.5, 0.6) is 5.75 Å². The van der Waals surface area contributed by atoms with Gasteiger partial charge in [0.1, 0.15) is 17.7 Å². The van der Waals surface area contributed by atoms with Crippen LogP contribution >= 0.6 is 23.2 Å². The summed E-state index contributed by atoms with van der Waals surface area (Å²) in [5, 5.41) is 0.761. The molecule has 0 aromatic heterocycles. The largest absolute Gasteiger partial charge is 0.496 e. The van der Waals surface area contributed by atoms with Gasteiger partial charge in [-0.3, -0.25) is 4.90 Å². The second kappa shape index (κ2) is 10.2. The van der Waals surface area contributed by atoms with Crippen LogP contribution in [0.15, 0.2) is 48.5 Å². The molecule has 3 aromatic rings. The lowest BCUT2D eigenvalue weighted by Gasteiger charge is -2.26. The number of hydrogen-bond acceptors (Lipinski definition) is 3. The van der Waals surface area contributed by atoms with Gasteiger partial charge in [0.15, 0.2) is 0 Å². The Kier molecular flexibility index (Phi) is 7.22. The zero-order chi connectivity index (χ0) is 28.2. The number of methoxy groups -OCH3 is 1. The molecule has 2 fully saturated rings. The number of halogens is 6. The summed E-state index contributed by atoms with van der Waals surface area (Å²) in [5.41, 5.74) is 1.32. The molecule has 0 N–H and O–H groups in total. The van der Waals surface area contributed by atoms with Crippen LogP contribution in [0.4, 0.5) is 22.4 Å². The number of fused-ring (bicyclic) bond motifs is 1. The number of carbonyl (C=O) groups excluding carboxylic acids is 1. The van der Waals surface area contributed by atoms with E-state index in [1.54, 1.807) is 24.3 Å². The van der Waals surface area contributed by atoms with Crippen molar-refractivity contribution in [3.05, 3.63) is 86.6 Å². The Bertz CT molecular complexity index is 1420. The Morgan fingerprint density at radius 3 is 2.31 bits per heavy atom. The first-order chi connectivity index (χ1) is 18.4. The number of hydrogen-bond donors (Lipinski definition) is 0. The van der Waals surface area contributed by atoms with Crippen molar-refractivity contribution in [2.75, 3.05) is 7.11 Å². The maximum atomic E-state index is 14.8. The quantitative estimate of drug-likeness (QED) is 0.282. The maximum Gasteiger partial charge on any atom is 0.416 e. The summed E-state index contributed by atoms with van der Waals surface area (Å²) in [7, 11) is 1.38. The zero-order valence-corrected chi connectivity index (χ0v) is 22.8. The molecule has 0 spiro atoms. The Morgan fingerprint density at radius 1 is 1.00 bits per heavy atom. The number of ether oxygens (including phenoxy) is 2. The first-order valence-corrected chi connectivity index (χ1v) is 13.2. The van der Waals surface area contributed by atoms with E-state index >= 15 is 0 Å². The standard InChI is InChI=1S/C29H25Cl2F4NO3/c1-14(2)20-12-22(26(38-3)13-23(20)32)19-5-4-16(29(33,34)35)10-21(19)24-6-7-25-27(39-28(37)36(24)25)15-8-17(30)11-18(31)9-15/h4-5,8-14,24-25,27H,6-7H2,1-3H3/t24?,25-,27+/m0/s1. The summed E-state index contributed by atoms with van der Waals surface area (Å²) >= 11 is 12.3. The minimum Gasteiger partial charge on any atom is -0.496 e. The van der Waals surface area contributed by atoms with E-state index in [4.69, 9.17) is 32.7 Å². The minimum absolute atomic E-state index is 0.178. The van der Waals surface area contributed by atoms with Crippen LogP contribution < -0.4 is 4.74 Å². The molecule has 0 saturated carbocycles. The van der Waals surface area contributed by atoms with Gasteiger partial charge in [-0.1, -0.05) is 43.1 Å². The third-order valence-electron chi connectivity index (χ3n) is 7.40. The van der Waals surface area contributed by atoms with Crippen LogP contribution in [-0.4, -0.2) is 24.1 Å². The molecule has 1 amide bonds. The number of carbonyl (C=O) groups is 1. The smallest absolute Gasteiger partial charge is 0.416 e. The van der Waals surface area contributed by atoms with Crippen molar-refractivity contribution in [1.29, 1.82) is 0 Å². The molecular weight excluding hydrogens is 557 g/mol. The van der Waals surface area contributed by atoms with E-state index in [-0.39, 0.29) is 17.2 Å². The molecular formula is C29H25Cl2F4NO3. The van der Waals surface area contributed by atoms with E-state index in [0.29, 0.717) is 45.1 Å². The number of alkyl halides is 3. The third kappa shape index (κ3) is 5.05. The zero-order valence-electron chi connectivity index (χ0n) is 21.3. The molecule has 0 radical (unpaired) electrons. The van der Waals surface area contributed by atoms with Gasteiger partial charge in [0, 0.05) is 21.7 Å². The van der Waals surface area contributed by atoms with Gasteiger partial charge in [-0.2, -0.15) is 13.2 Å². The third-order valence-corrected chi connectivity index (χ3v) is 7.84. The van der Waals surface area contributed by atoms with Gasteiger partial charge in [0.05, 0.1) is 24.8 Å². The van der Waals surface area contributed by atoms with Crippen molar-refractivity contribution in [2.45, 2.75) is 57.0 Å². The lowest BCUT2D eigenvalue weighted by Crippen LogP contribution is -2.31. The van der Waals surface area contributed by atoms with Crippen molar-refractivity contribution in [3.8, 4) is 16.9 Å². The molecule has 0 aliphatic carbocycles. The van der Waals surface area contributed by atoms with Crippen LogP contribution in [0.3, 0.4) is 0 Å². The Labute approximate surface area is 233 Å². The van der Waals surface area contributed by atoms with Gasteiger partial charge < -0.3 is 9.47 Å². The van der Waals surface area contributed by atoms with Crippen molar-refractivity contribution in [2.24, 2.45) is 0 Å². The monoisotopic (exact) mass is 581 g/mol. The normalized spacial score (nSPS) is 20.9. The molecule has 4 nitrogen and oxygen atoms in total. The van der Waals surface area contributed by atoms with E-state index in [9.17, 15) is 22.4 Å². The summed E-state index contributed by atoms with van der Waals surface area (Å²) in [6.45, 7) is 3.65. The molecule has 2 aliphatic rings. The first kappa shape index (κ1) is 27.6.